The third-order valence-electron chi connectivity index (χ3n) is 5.42. The van der Waals surface area contributed by atoms with Crippen molar-refractivity contribution in [3.05, 3.63) is 83.7 Å². The van der Waals surface area contributed by atoms with Gasteiger partial charge in [-0.1, -0.05) is 48.0 Å². The first kappa shape index (κ1) is 19.3. The molecule has 0 amide bonds. The average molecular weight is 439 g/mol. The first-order valence-corrected chi connectivity index (χ1v) is 11.6. The van der Waals surface area contributed by atoms with Gasteiger partial charge in [-0.05, 0) is 60.4 Å². The van der Waals surface area contributed by atoms with E-state index in [0.717, 1.165) is 23.1 Å². The van der Waals surface area contributed by atoms with Gasteiger partial charge < -0.3 is 4.42 Å². The number of nitrogens with zero attached hydrogens (tertiary/aromatic N) is 2. The first-order valence-electron chi connectivity index (χ1n) is 9.76. The maximum absolute atomic E-state index is 13.2. The van der Waals surface area contributed by atoms with E-state index in [2.05, 4.69) is 4.98 Å². The lowest BCUT2D eigenvalue weighted by Crippen LogP contribution is -2.30. The molecule has 5 rings (SSSR count). The molecule has 0 radical (unpaired) electrons. The van der Waals surface area contributed by atoms with Crippen molar-refractivity contribution >= 4 is 32.7 Å². The molecule has 0 N–H and O–H groups in total. The molecule has 1 aromatic heterocycles. The number of aromatic nitrogens is 1. The van der Waals surface area contributed by atoms with E-state index in [-0.39, 0.29) is 4.90 Å². The Labute approximate surface area is 180 Å². The molecule has 1 aliphatic heterocycles. The van der Waals surface area contributed by atoms with Crippen molar-refractivity contribution < 1.29 is 12.8 Å². The molecule has 1 fully saturated rings. The number of hydrogen-bond donors (Lipinski definition) is 0. The zero-order chi connectivity index (χ0) is 20.7. The Balaban J connectivity index is 1.50. The van der Waals surface area contributed by atoms with E-state index in [1.54, 1.807) is 12.1 Å². The summed E-state index contributed by atoms with van der Waals surface area (Å²) in [5, 5.41) is 0.500. The lowest BCUT2D eigenvalue weighted by Gasteiger charge is -2.21. The molecule has 3 aromatic carbocycles. The van der Waals surface area contributed by atoms with Crippen LogP contribution in [-0.2, 0) is 10.0 Å². The van der Waals surface area contributed by atoms with Crippen LogP contribution < -0.4 is 0 Å². The Bertz CT molecular complexity index is 1300. The van der Waals surface area contributed by atoms with Crippen molar-refractivity contribution in [3.8, 4) is 11.1 Å². The van der Waals surface area contributed by atoms with Gasteiger partial charge in [-0.2, -0.15) is 4.31 Å². The van der Waals surface area contributed by atoms with E-state index in [9.17, 15) is 8.42 Å². The Morgan fingerprint density at radius 3 is 2.50 bits per heavy atom. The fraction of sp³-hybridized carbons (Fsp3) is 0.174. The van der Waals surface area contributed by atoms with Crippen LogP contribution >= 0.6 is 11.6 Å². The molecule has 1 unspecified atom stereocenters. The monoisotopic (exact) mass is 438 g/mol. The van der Waals surface area contributed by atoms with Crippen LogP contribution in [0.2, 0.25) is 5.02 Å². The number of hydrogen-bond acceptors (Lipinski definition) is 4. The first-order chi connectivity index (χ1) is 14.5. The summed E-state index contributed by atoms with van der Waals surface area (Å²) in [5.41, 5.74) is 3.51. The third-order valence-corrected chi connectivity index (χ3v) is 7.59. The molecule has 0 spiro atoms. The molecule has 0 saturated carbocycles. The van der Waals surface area contributed by atoms with Crippen LogP contribution in [0, 0.1) is 0 Å². The molecule has 0 aliphatic carbocycles. The fourth-order valence-corrected chi connectivity index (χ4v) is 5.69. The maximum atomic E-state index is 13.2. The highest BCUT2D eigenvalue weighted by molar-refractivity contribution is 7.89. The van der Waals surface area contributed by atoms with Crippen LogP contribution in [0.3, 0.4) is 0 Å². The predicted molar refractivity (Wildman–Crippen MR) is 117 cm³/mol. The van der Waals surface area contributed by atoms with Gasteiger partial charge in [0.2, 0.25) is 15.9 Å². The number of benzene rings is 3. The topological polar surface area (TPSA) is 63.4 Å². The van der Waals surface area contributed by atoms with Crippen LogP contribution in [0.25, 0.3) is 22.2 Å². The second-order valence-corrected chi connectivity index (χ2v) is 9.66. The van der Waals surface area contributed by atoms with Crippen molar-refractivity contribution in [2.24, 2.45) is 0 Å². The highest BCUT2D eigenvalue weighted by Gasteiger charge is 2.39. The summed E-state index contributed by atoms with van der Waals surface area (Å²) in [7, 11) is -3.67. The number of oxazole rings is 1. The van der Waals surface area contributed by atoms with E-state index in [1.807, 2.05) is 48.5 Å². The van der Waals surface area contributed by atoms with Gasteiger partial charge in [0.1, 0.15) is 11.6 Å². The summed E-state index contributed by atoms with van der Waals surface area (Å²) in [6.45, 7) is 0.434. The normalized spacial score (nSPS) is 17.6. The smallest absolute Gasteiger partial charge is 0.243 e. The summed E-state index contributed by atoms with van der Waals surface area (Å²) in [6.07, 6.45) is 1.43. The molecule has 1 saturated heterocycles. The number of fused-ring (bicyclic) bond motifs is 1. The maximum Gasteiger partial charge on any atom is 0.243 e. The summed E-state index contributed by atoms with van der Waals surface area (Å²) in [6, 6.07) is 21.7. The Morgan fingerprint density at radius 1 is 0.967 bits per heavy atom. The van der Waals surface area contributed by atoms with E-state index in [0.29, 0.717) is 29.5 Å². The van der Waals surface area contributed by atoms with Crippen molar-refractivity contribution in [1.82, 2.24) is 9.29 Å². The Kier molecular flexibility index (Phi) is 4.85. The molecular weight excluding hydrogens is 420 g/mol. The van der Waals surface area contributed by atoms with E-state index < -0.39 is 16.1 Å². The van der Waals surface area contributed by atoms with Gasteiger partial charge in [0.15, 0.2) is 5.58 Å². The van der Waals surface area contributed by atoms with Gasteiger partial charge in [0, 0.05) is 11.6 Å². The van der Waals surface area contributed by atoms with Gasteiger partial charge in [-0.3, -0.25) is 0 Å². The lowest BCUT2D eigenvalue weighted by atomic mass is 10.1. The van der Waals surface area contributed by atoms with Crippen LogP contribution in [0.5, 0.6) is 0 Å². The van der Waals surface area contributed by atoms with Crippen molar-refractivity contribution in [2.45, 2.75) is 23.8 Å². The van der Waals surface area contributed by atoms with Gasteiger partial charge in [0.05, 0.1) is 4.90 Å². The molecule has 152 valence electrons. The zero-order valence-corrected chi connectivity index (χ0v) is 17.6. The second-order valence-electron chi connectivity index (χ2n) is 7.33. The predicted octanol–water partition coefficient (Wildman–Crippen LogP) is 5.67. The van der Waals surface area contributed by atoms with Crippen molar-refractivity contribution in [3.63, 3.8) is 0 Å². The van der Waals surface area contributed by atoms with Crippen LogP contribution in [0.1, 0.15) is 24.8 Å². The minimum Gasteiger partial charge on any atom is -0.439 e. The minimum atomic E-state index is -3.67. The summed E-state index contributed by atoms with van der Waals surface area (Å²) >= 11 is 5.91. The Morgan fingerprint density at radius 2 is 1.73 bits per heavy atom. The van der Waals surface area contributed by atoms with Crippen molar-refractivity contribution in [2.75, 3.05) is 6.54 Å². The minimum absolute atomic E-state index is 0.223. The van der Waals surface area contributed by atoms with Crippen molar-refractivity contribution in [1.29, 1.82) is 0 Å². The second kappa shape index (κ2) is 7.54. The van der Waals surface area contributed by atoms with Gasteiger partial charge in [-0.25, -0.2) is 13.4 Å². The third kappa shape index (κ3) is 3.41. The fourth-order valence-electron chi connectivity index (χ4n) is 3.91. The van der Waals surface area contributed by atoms with Gasteiger partial charge >= 0.3 is 0 Å². The van der Waals surface area contributed by atoms with Crippen LogP contribution in [-0.4, -0.2) is 24.3 Å². The summed E-state index contributed by atoms with van der Waals surface area (Å²) in [5.74, 6) is 0.435. The zero-order valence-electron chi connectivity index (χ0n) is 16.0. The molecule has 1 atom stereocenters. The van der Waals surface area contributed by atoms with E-state index in [4.69, 9.17) is 16.0 Å². The number of sulfonamides is 1. The molecule has 30 heavy (non-hydrogen) atoms. The average Bonchev–Trinajstić information content (AvgIpc) is 3.41. The standard InChI is InChI=1S/C23H19ClN2O3S/c24-18-9-11-19(12-10-18)30(27,28)26-14-4-7-21(26)23-25-20-15-17(8-13-22(20)29-23)16-5-2-1-3-6-16/h1-3,5-6,8-13,15,21H,4,7,14H2. The molecule has 7 heteroatoms. The van der Waals surface area contributed by atoms with E-state index >= 15 is 0 Å². The summed E-state index contributed by atoms with van der Waals surface area (Å²) in [4.78, 5) is 4.88. The van der Waals surface area contributed by atoms with E-state index in [1.165, 1.54) is 16.4 Å². The van der Waals surface area contributed by atoms with Gasteiger partial charge in [-0.15, -0.1) is 0 Å². The highest BCUT2D eigenvalue weighted by Crippen LogP contribution is 2.38. The molecule has 4 aromatic rings. The molecular formula is C23H19ClN2O3S. The van der Waals surface area contributed by atoms with Crippen LogP contribution in [0.15, 0.2) is 82.1 Å². The largest absolute Gasteiger partial charge is 0.439 e. The number of halogens is 1. The number of rotatable bonds is 4. The Hall–Kier alpha value is -2.67. The molecule has 1 aliphatic rings. The highest BCUT2D eigenvalue weighted by atomic mass is 35.5. The quantitative estimate of drug-likeness (QED) is 0.411. The molecule has 5 nitrogen and oxygen atoms in total. The SMILES string of the molecule is O=S(=O)(c1ccc(Cl)cc1)N1CCCC1c1nc2cc(-c3ccccc3)ccc2o1. The van der Waals surface area contributed by atoms with Gasteiger partial charge in [0.25, 0.3) is 0 Å². The molecule has 2 heterocycles. The lowest BCUT2D eigenvalue weighted by molar-refractivity contribution is 0.337. The van der Waals surface area contributed by atoms with Crippen LogP contribution in [0.4, 0.5) is 0 Å². The summed E-state index contributed by atoms with van der Waals surface area (Å²) < 4.78 is 33.9. The molecule has 0 bridgehead atoms.